The van der Waals surface area contributed by atoms with Gasteiger partial charge in [0.2, 0.25) is 0 Å². The zero-order chi connectivity index (χ0) is 12.5. The first-order valence-corrected chi connectivity index (χ1v) is 7.35. The van der Waals surface area contributed by atoms with Gasteiger partial charge in [0.05, 0.1) is 0 Å². The van der Waals surface area contributed by atoms with Crippen molar-refractivity contribution in [2.45, 2.75) is 12.3 Å². The van der Waals surface area contributed by atoms with Crippen molar-refractivity contribution in [3.05, 3.63) is 0 Å². The largest absolute Gasteiger partial charge is 0.284 e. The third kappa shape index (κ3) is 1.17. The van der Waals surface area contributed by atoms with Gasteiger partial charge in [-0.3, -0.25) is 0 Å². The van der Waals surface area contributed by atoms with Crippen LogP contribution in [-0.2, 0) is 20.4 Å². The van der Waals surface area contributed by atoms with E-state index in [2.05, 4.69) is 0 Å². The number of hydrogen-bond acceptors (Lipinski definition) is 4. The van der Waals surface area contributed by atoms with Crippen LogP contribution < -0.4 is 0 Å². The molecule has 0 aromatic heterocycles. The van der Waals surface area contributed by atoms with Crippen LogP contribution in [0.15, 0.2) is 0 Å². The summed E-state index contributed by atoms with van der Waals surface area (Å²) in [4.78, 5) is 0. The highest BCUT2D eigenvalue weighted by atomic mass is 32.2. The van der Waals surface area contributed by atoms with Crippen molar-refractivity contribution in [2.75, 3.05) is 28.2 Å². The summed E-state index contributed by atoms with van der Waals surface area (Å²) in [5.41, 5.74) is 0. The van der Waals surface area contributed by atoms with E-state index in [0.29, 0.717) is 0 Å². The van der Waals surface area contributed by atoms with Crippen LogP contribution in [0.3, 0.4) is 0 Å². The predicted molar refractivity (Wildman–Crippen MR) is 56.5 cm³/mol. The fourth-order valence-corrected chi connectivity index (χ4v) is 5.19. The van der Waals surface area contributed by atoms with Crippen molar-refractivity contribution < 1.29 is 16.8 Å². The van der Waals surface area contributed by atoms with Crippen LogP contribution in [0.1, 0.15) is 0 Å². The Kier molecular flexibility index (Phi) is 2.40. The highest BCUT2D eigenvalue weighted by Crippen LogP contribution is 2.37. The SMILES string of the molecule is CN1C2C(N(C)S1(=O)=O)N(C)S(=O)(=O)N2C. The highest BCUT2D eigenvalue weighted by molar-refractivity contribution is 7.88. The molecule has 0 aromatic carbocycles. The van der Waals surface area contributed by atoms with Crippen LogP contribution in [0.5, 0.6) is 0 Å². The Bertz CT molecular complexity index is 435. The zero-order valence-corrected chi connectivity index (χ0v) is 11.0. The standard InChI is InChI=1S/C6H14N4O4S2/c1-7-5-6(9(3)15(7,11)12)10(4)16(13,14)8(5)2/h5-6H,1-4H3. The van der Waals surface area contributed by atoms with Gasteiger partial charge in [-0.2, -0.15) is 34.1 Å². The molecule has 94 valence electrons. The molecule has 0 aliphatic carbocycles. The lowest BCUT2D eigenvalue weighted by Gasteiger charge is -2.22. The topological polar surface area (TPSA) is 81.2 Å². The first-order valence-electron chi connectivity index (χ1n) is 4.55. The first-order chi connectivity index (χ1) is 7.13. The molecule has 0 bridgehead atoms. The van der Waals surface area contributed by atoms with Crippen molar-refractivity contribution >= 4 is 20.4 Å². The van der Waals surface area contributed by atoms with Crippen molar-refractivity contribution in [3.63, 3.8) is 0 Å². The highest BCUT2D eigenvalue weighted by Gasteiger charge is 2.60. The Hall–Kier alpha value is -0.260. The number of rotatable bonds is 0. The molecular formula is C6H14N4O4S2. The molecule has 2 rings (SSSR count). The molecule has 10 heteroatoms. The van der Waals surface area contributed by atoms with Crippen LogP contribution in [0, 0.1) is 0 Å². The number of nitrogens with zero attached hydrogens (tertiary/aromatic N) is 4. The average Bonchev–Trinajstić information content (AvgIpc) is 2.46. The quantitative estimate of drug-likeness (QED) is 0.504. The maximum atomic E-state index is 11.8. The fraction of sp³-hybridized carbons (Fsp3) is 1.00. The van der Waals surface area contributed by atoms with Crippen molar-refractivity contribution in [3.8, 4) is 0 Å². The lowest BCUT2D eigenvalue weighted by atomic mass is 10.4. The van der Waals surface area contributed by atoms with E-state index in [1.54, 1.807) is 0 Å². The minimum Gasteiger partial charge on any atom is -0.195 e. The van der Waals surface area contributed by atoms with Gasteiger partial charge in [0.25, 0.3) is 20.4 Å². The summed E-state index contributed by atoms with van der Waals surface area (Å²) in [5, 5.41) is 0. The van der Waals surface area contributed by atoms with Crippen LogP contribution in [-0.4, -0.2) is 74.6 Å². The average molecular weight is 270 g/mol. The summed E-state index contributed by atoms with van der Waals surface area (Å²) in [6, 6.07) is 0. The molecule has 8 nitrogen and oxygen atoms in total. The second kappa shape index (κ2) is 3.15. The maximum Gasteiger partial charge on any atom is 0.284 e. The van der Waals surface area contributed by atoms with Gasteiger partial charge in [0, 0.05) is 28.2 Å². The lowest BCUT2D eigenvalue weighted by Crippen LogP contribution is -2.42. The smallest absolute Gasteiger partial charge is 0.195 e. The fourth-order valence-electron chi connectivity index (χ4n) is 2.16. The number of likely N-dealkylation sites (N-methyl/N-ethyl adjacent to an activating group) is 4. The van der Waals surface area contributed by atoms with E-state index in [1.165, 1.54) is 28.2 Å². The molecule has 0 radical (unpaired) electrons. The number of fused-ring (bicyclic) bond motifs is 1. The molecule has 0 aromatic rings. The second-order valence-electron chi connectivity index (χ2n) is 3.91. The molecule has 0 unspecified atom stereocenters. The minimum absolute atomic E-state index is 0.704. The van der Waals surface area contributed by atoms with E-state index < -0.39 is 32.8 Å². The summed E-state index contributed by atoms with van der Waals surface area (Å²) < 4.78 is 51.5. The monoisotopic (exact) mass is 270 g/mol. The van der Waals surface area contributed by atoms with Gasteiger partial charge in [-0.1, -0.05) is 0 Å². The van der Waals surface area contributed by atoms with E-state index in [0.717, 1.165) is 17.2 Å². The molecule has 16 heavy (non-hydrogen) atoms. The van der Waals surface area contributed by atoms with Gasteiger partial charge >= 0.3 is 0 Å². The van der Waals surface area contributed by atoms with E-state index in [1.807, 2.05) is 0 Å². The van der Waals surface area contributed by atoms with E-state index in [9.17, 15) is 16.8 Å². The maximum absolute atomic E-state index is 11.8. The summed E-state index contributed by atoms with van der Waals surface area (Å²) in [5.74, 6) is 0. The van der Waals surface area contributed by atoms with Gasteiger partial charge in [-0.05, 0) is 0 Å². The predicted octanol–water partition coefficient (Wildman–Crippen LogP) is -2.12. The van der Waals surface area contributed by atoms with Crippen LogP contribution in [0.25, 0.3) is 0 Å². The summed E-state index contributed by atoms with van der Waals surface area (Å²) >= 11 is 0. The van der Waals surface area contributed by atoms with Crippen molar-refractivity contribution in [1.82, 2.24) is 17.2 Å². The summed E-state index contributed by atoms with van der Waals surface area (Å²) in [7, 11) is -1.61. The molecule has 0 spiro atoms. The zero-order valence-electron chi connectivity index (χ0n) is 9.39. The van der Waals surface area contributed by atoms with E-state index >= 15 is 0 Å². The normalized spacial score (nSPS) is 40.2. The number of hydrogen-bond donors (Lipinski definition) is 0. The summed E-state index contributed by atoms with van der Waals surface area (Å²) in [6.07, 6.45) is -1.41. The van der Waals surface area contributed by atoms with E-state index in [-0.39, 0.29) is 0 Å². The Balaban J connectivity index is 2.59. The Morgan fingerprint density at radius 2 is 0.812 bits per heavy atom. The molecular weight excluding hydrogens is 256 g/mol. The molecule has 2 heterocycles. The lowest BCUT2D eigenvalue weighted by molar-refractivity contribution is 0.171. The van der Waals surface area contributed by atoms with Gasteiger partial charge < -0.3 is 0 Å². The van der Waals surface area contributed by atoms with Gasteiger partial charge in [0.1, 0.15) is 12.3 Å². The third-order valence-electron chi connectivity index (χ3n) is 3.21. The molecule has 2 fully saturated rings. The molecule has 0 amide bonds. The van der Waals surface area contributed by atoms with Crippen LogP contribution in [0.4, 0.5) is 0 Å². The van der Waals surface area contributed by atoms with Gasteiger partial charge in [-0.25, -0.2) is 0 Å². The van der Waals surface area contributed by atoms with E-state index in [4.69, 9.17) is 0 Å². The second-order valence-corrected chi connectivity index (χ2v) is 8.00. The molecule has 0 saturated carbocycles. The summed E-state index contributed by atoms with van der Waals surface area (Å²) in [6.45, 7) is 0. The van der Waals surface area contributed by atoms with Crippen molar-refractivity contribution in [1.29, 1.82) is 0 Å². The molecule has 2 aliphatic heterocycles. The Labute approximate surface area is 95.4 Å². The molecule has 2 saturated heterocycles. The Morgan fingerprint density at radius 3 is 1.00 bits per heavy atom. The van der Waals surface area contributed by atoms with Crippen LogP contribution >= 0.6 is 0 Å². The molecule has 2 aliphatic rings. The third-order valence-corrected chi connectivity index (χ3v) is 6.99. The van der Waals surface area contributed by atoms with Crippen LogP contribution in [0.2, 0.25) is 0 Å². The van der Waals surface area contributed by atoms with Crippen molar-refractivity contribution in [2.24, 2.45) is 0 Å². The molecule has 0 N–H and O–H groups in total. The minimum atomic E-state index is -3.56. The first kappa shape index (κ1) is 12.2. The Morgan fingerprint density at radius 1 is 0.625 bits per heavy atom. The van der Waals surface area contributed by atoms with Gasteiger partial charge in [-0.15, -0.1) is 0 Å². The van der Waals surface area contributed by atoms with Gasteiger partial charge in [0.15, 0.2) is 0 Å². The molecule has 0 atom stereocenters.